The van der Waals surface area contributed by atoms with Crippen LogP contribution in [0.4, 0.5) is 10.1 Å². The fraction of sp³-hybridized carbons (Fsp3) is 0.600. The van der Waals surface area contributed by atoms with E-state index in [9.17, 15) is 4.39 Å². The summed E-state index contributed by atoms with van der Waals surface area (Å²) in [5.74, 6) is -0.129. The molecule has 2 atom stereocenters. The molecule has 0 N–H and O–H groups in total. The van der Waals surface area contributed by atoms with Crippen LogP contribution in [0.25, 0.3) is 0 Å². The third-order valence-corrected chi connectivity index (χ3v) is 4.40. The van der Waals surface area contributed by atoms with Gasteiger partial charge in [-0.05, 0) is 44.0 Å². The first-order valence-corrected chi connectivity index (χ1v) is 7.04. The molecule has 98 valence electrons. The van der Waals surface area contributed by atoms with Gasteiger partial charge in [0.1, 0.15) is 5.82 Å². The van der Waals surface area contributed by atoms with Crippen LogP contribution in [-0.2, 0) is 0 Å². The summed E-state index contributed by atoms with van der Waals surface area (Å²) in [5.41, 5.74) is 1.05. The van der Waals surface area contributed by atoms with Crippen LogP contribution in [0.15, 0.2) is 24.3 Å². The van der Waals surface area contributed by atoms with Gasteiger partial charge in [-0.2, -0.15) is 0 Å². The Morgan fingerprint density at radius 1 is 1.33 bits per heavy atom. The van der Waals surface area contributed by atoms with E-state index in [2.05, 4.69) is 16.7 Å². The molecule has 2 saturated heterocycles. The standard InChI is InChI=1S/C15H21FN2/c1-2-13-10-17-8-4-7-15(17)11-18(13)14-6-3-5-12(16)9-14/h3,5-6,9,13,15H,2,4,7-8,10-11H2,1H3. The highest BCUT2D eigenvalue weighted by Gasteiger charge is 2.35. The van der Waals surface area contributed by atoms with Crippen molar-refractivity contribution in [3.8, 4) is 0 Å². The fourth-order valence-corrected chi connectivity index (χ4v) is 3.41. The first-order chi connectivity index (χ1) is 8.78. The van der Waals surface area contributed by atoms with Crippen LogP contribution in [0.1, 0.15) is 26.2 Å². The topological polar surface area (TPSA) is 6.48 Å². The van der Waals surface area contributed by atoms with Crippen LogP contribution >= 0.6 is 0 Å². The highest BCUT2D eigenvalue weighted by molar-refractivity contribution is 5.48. The Morgan fingerprint density at radius 2 is 2.22 bits per heavy atom. The molecule has 2 aliphatic heterocycles. The van der Waals surface area contributed by atoms with Crippen LogP contribution in [0.2, 0.25) is 0 Å². The van der Waals surface area contributed by atoms with Crippen molar-refractivity contribution in [3.05, 3.63) is 30.1 Å². The zero-order chi connectivity index (χ0) is 12.5. The van der Waals surface area contributed by atoms with Gasteiger partial charge in [0.2, 0.25) is 0 Å². The van der Waals surface area contributed by atoms with E-state index in [1.54, 1.807) is 6.07 Å². The minimum absolute atomic E-state index is 0.129. The summed E-state index contributed by atoms with van der Waals surface area (Å²) in [6.45, 7) is 5.67. The minimum atomic E-state index is -0.129. The van der Waals surface area contributed by atoms with Gasteiger partial charge in [0.05, 0.1) is 0 Å². The largest absolute Gasteiger partial charge is 0.366 e. The average molecular weight is 248 g/mol. The smallest absolute Gasteiger partial charge is 0.125 e. The lowest BCUT2D eigenvalue weighted by atomic mass is 10.0. The number of anilines is 1. The zero-order valence-electron chi connectivity index (χ0n) is 11.0. The van der Waals surface area contributed by atoms with Crippen molar-refractivity contribution in [2.45, 2.75) is 38.3 Å². The van der Waals surface area contributed by atoms with Crippen molar-refractivity contribution >= 4 is 5.69 Å². The second kappa shape index (κ2) is 4.88. The molecule has 0 bridgehead atoms. The molecule has 2 fully saturated rings. The second-order valence-corrected chi connectivity index (χ2v) is 5.49. The van der Waals surface area contributed by atoms with Gasteiger partial charge in [0, 0.05) is 30.9 Å². The second-order valence-electron chi connectivity index (χ2n) is 5.49. The third-order valence-electron chi connectivity index (χ3n) is 4.40. The van der Waals surface area contributed by atoms with Gasteiger partial charge in [0.15, 0.2) is 0 Å². The Morgan fingerprint density at radius 3 is 3.00 bits per heavy atom. The van der Waals surface area contributed by atoms with Gasteiger partial charge in [-0.3, -0.25) is 4.90 Å². The molecule has 3 rings (SSSR count). The first-order valence-electron chi connectivity index (χ1n) is 7.04. The number of nitrogens with zero attached hydrogens (tertiary/aromatic N) is 2. The third kappa shape index (κ3) is 2.12. The molecule has 1 aromatic rings. The Kier molecular flexibility index (Phi) is 3.25. The summed E-state index contributed by atoms with van der Waals surface area (Å²) in [5, 5.41) is 0. The molecule has 2 nitrogen and oxygen atoms in total. The molecule has 0 radical (unpaired) electrons. The molecule has 1 aromatic carbocycles. The van der Waals surface area contributed by atoms with Gasteiger partial charge >= 0.3 is 0 Å². The van der Waals surface area contributed by atoms with E-state index in [-0.39, 0.29) is 5.82 Å². The molecule has 0 saturated carbocycles. The molecule has 3 heteroatoms. The number of fused-ring (bicyclic) bond motifs is 1. The monoisotopic (exact) mass is 248 g/mol. The first kappa shape index (κ1) is 12.0. The Bertz CT molecular complexity index is 421. The van der Waals surface area contributed by atoms with E-state index < -0.39 is 0 Å². The molecule has 0 aliphatic carbocycles. The van der Waals surface area contributed by atoms with Crippen molar-refractivity contribution < 1.29 is 4.39 Å². The maximum absolute atomic E-state index is 13.4. The highest BCUT2D eigenvalue weighted by atomic mass is 19.1. The number of halogens is 1. The van der Waals surface area contributed by atoms with Crippen LogP contribution < -0.4 is 4.90 Å². The van der Waals surface area contributed by atoms with E-state index in [0.29, 0.717) is 12.1 Å². The fourth-order valence-electron chi connectivity index (χ4n) is 3.41. The summed E-state index contributed by atoms with van der Waals surface area (Å²) in [6.07, 6.45) is 3.74. The lowest BCUT2D eigenvalue weighted by Crippen LogP contribution is -2.56. The molecular weight excluding hydrogens is 227 g/mol. The minimum Gasteiger partial charge on any atom is -0.366 e. The van der Waals surface area contributed by atoms with Crippen LogP contribution in [0.3, 0.4) is 0 Å². The molecule has 2 heterocycles. The van der Waals surface area contributed by atoms with Gasteiger partial charge in [0.25, 0.3) is 0 Å². The molecular formula is C15H21FN2. The summed E-state index contributed by atoms with van der Waals surface area (Å²) >= 11 is 0. The van der Waals surface area contributed by atoms with Crippen molar-refractivity contribution in [2.75, 3.05) is 24.5 Å². The van der Waals surface area contributed by atoms with Crippen LogP contribution in [-0.4, -0.2) is 36.6 Å². The molecule has 2 unspecified atom stereocenters. The maximum Gasteiger partial charge on any atom is 0.125 e. The van der Waals surface area contributed by atoms with Gasteiger partial charge in [-0.25, -0.2) is 4.39 Å². The Labute approximate surface area is 108 Å². The predicted octanol–water partition coefficient (Wildman–Crippen LogP) is 2.89. The molecule has 18 heavy (non-hydrogen) atoms. The zero-order valence-corrected chi connectivity index (χ0v) is 11.0. The predicted molar refractivity (Wildman–Crippen MR) is 72.4 cm³/mol. The van der Waals surface area contributed by atoms with Gasteiger partial charge in [-0.1, -0.05) is 13.0 Å². The van der Waals surface area contributed by atoms with E-state index in [4.69, 9.17) is 0 Å². The molecule has 0 spiro atoms. The quantitative estimate of drug-likeness (QED) is 0.794. The number of benzene rings is 1. The maximum atomic E-state index is 13.4. The van der Waals surface area contributed by atoms with Crippen molar-refractivity contribution in [3.63, 3.8) is 0 Å². The van der Waals surface area contributed by atoms with E-state index in [0.717, 1.165) is 25.2 Å². The molecule has 0 aromatic heterocycles. The lowest BCUT2D eigenvalue weighted by molar-refractivity contribution is 0.194. The number of piperazine rings is 1. The summed E-state index contributed by atoms with van der Waals surface area (Å²) in [4.78, 5) is 5.03. The van der Waals surface area contributed by atoms with Crippen molar-refractivity contribution in [2.24, 2.45) is 0 Å². The van der Waals surface area contributed by atoms with Crippen LogP contribution in [0.5, 0.6) is 0 Å². The normalized spacial score (nSPS) is 28.4. The summed E-state index contributed by atoms with van der Waals surface area (Å²) in [7, 11) is 0. The van der Waals surface area contributed by atoms with Gasteiger partial charge < -0.3 is 4.90 Å². The Hall–Kier alpha value is -1.09. The SMILES string of the molecule is CCC1CN2CCCC2CN1c1cccc(F)c1. The number of hydrogen-bond acceptors (Lipinski definition) is 2. The molecule has 2 aliphatic rings. The van der Waals surface area contributed by atoms with Gasteiger partial charge in [-0.15, -0.1) is 0 Å². The van der Waals surface area contributed by atoms with Crippen LogP contribution in [0, 0.1) is 5.82 Å². The highest BCUT2D eigenvalue weighted by Crippen LogP contribution is 2.30. The lowest BCUT2D eigenvalue weighted by Gasteiger charge is -2.44. The van der Waals surface area contributed by atoms with Crippen molar-refractivity contribution in [1.29, 1.82) is 0 Å². The summed E-state index contributed by atoms with van der Waals surface area (Å²) < 4.78 is 13.4. The van der Waals surface area contributed by atoms with E-state index >= 15 is 0 Å². The van der Waals surface area contributed by atoms with E-state index in [1.807, 2.05) is 12.1 Å². The molecule has 0 amide bonds. The summed E-state index contributed by atoms with van der Waals surface area (Å²) in [6, 6.07) is 8.26. The Balaban J connectivity index is 1.85. The number of rotatable bonds is 2. The van der Waals surface area contributed by atoms with Crippen molar-refractivity contribution in [1.82, 2.24) is 4.90 Å². The van der Waals surface area contributed by atoms with E-state index in [1.165, 1.54) is 25.5 Å². The number of hydrogen-bond donors (Lipinski definition) is 0. The average Bonchev–Trinajstić information content (AvgIpc) is 2.84.